The van der Waals surface area contributed by atoms with Gasteiger partial charge in [0.25, 0.3) is 0 Å². The van der Waals surface area contributed by atoms with E-state index in [0.717, 1.165) is 5.56 Å². The highest BCUT2D eigenvalue weighted by Crippen LogP contribution is 2.17. The van der Waals surface area contributed by atoms with Crippen molar-refractivity contribution in [2.75, 3.05) is 12.8 Å². The van der Waals surface area contributed by atoms with Gasteiger partial charge in [0.2, 0.25) is 10.0 Å². The lowest BCUT2D eigenvalue weighted by Gasteiger charge is -2.07. The molecule has 1 aromatic heterocycles. The van der Waals surface area contributed by atoms with Crippen LogP contribution in [0.2, 0.25) is 0 Å². The van der Waals surface area contributed by atoms with E-state index in [1.165, 1.54) is 10.9 Å². The fourth-order valence-corrected chi connectivity index (χ4v) is 2.85. The van der Waals surface area contributed by atoms with Gasteiger partial charge in [0.05, 0.1) is 7.11 Å². The van der Waals surface area contributed by atoms with Gasteiger partial charge >= 0.3 is 0 Å². The Morgan fingerprint density at radius 1 is 1.45 bits per heavy atom. The van der Waals surface area contributed by atoms with Crippen LogP contribution in [-0.4, -0.2) is 25.3 Å². The van der Waals surface area contributed by atoms with Gasteiger partial charge in [-0.15, -0.1) is 0 Å². The molecule has 0 radical (unpaired) electrons. The van der Waals surface area contributed by atoms with Crippen molar-refractivity contribution in [1.82, 2.24) is 14.5 Å². The molecule has 0 bridgehead atoms. The highest BCUT2D eigenvalue weighted by Gasteiger charge is 2.20. The van der Waals surface area contributed by atoms with Crippen LogP contribution in [0.25, 0.3) is 0 Å². The van der Waals surface area contributed by atoms with Gasteiger partial charge in [0.15, 0.2) is 5.82 Å². The predicted molar refractivity (Wildman–Crippen MR) is 74.6 cm³/mol. The first-order valence-corrected chi connectivity index (χ1v) is 7.32. The Bertz CT molecular complexity index is 709. The van der Waals surface area contributed by atoms with Gasteiger partial charge in [0, 0.05) is 19.8 Å². The molecule has 0 saturated carbocycles. The van der Waals surface area contributed by atoms with E-state index in [1.807, 2.05) is 0 Å². The van der Waals surface area contributed by atoms with E-state index in [0.29, 0.717) is 5.75 Å². The maximum Gasteiger partial charge on any atom is 0.246 e. The summed E-state index contributed by atoms with van der Waals surface area (Å²) in [6.07, 6.45) is 1.36. The number of nitrogens with one attached hydrogen (secondary N) is 1. The third kappa shape index (κ3) is 3.09. The molecule has 2 aromatic rings. The van der Waals surface area contributed by atoms with E-state index in [9.17, 15) is 8.42 Å². The molecule has 0 aliphatic heterocycles. The van der Waals surface area contributed by atoms with E-state index in [1.54, 1.807) is 38.4 Å². The van der Waals surface area contributed by atoms with Crippen molar-refractivity contribution < 1.29 is 13.2 Å². The van der Waals surface area contributed by atoms with Gasteiger partial charge in [-0.2, -0.15) is 5.10 Å². The smallest absolute Gasteiger partial charge is 0.246 e. The zero-order valence-corrected chi connectivity index (χ0v) is 12.0. The number of anilines is 1. The van der Waals surface area contributed by atoms with Gasteiger partial charge in [-0.1, -0.05) is 12.1 Å². The summed E-state index contributed by atoms with van der Waals surface area (Å²) in [6.45, 7) is 0.147. The van der Waals surface area contributed by atoms with Gasteiger partial charge < -0.3 is 10.5 Å². The number of benzene rings is 1. The molecule has 0 fully saturated rings. The van der Waals surface area contributed by atoms with Crippen LogP contribution in [-0.2, 0) is 23.6 Å². The van der Waals surface area contributed by atoms with E-state index >= 15 is 0 Å². The molecule has 1 heterocycles. The minimum atomic E-state index is -3.69. The standard InChI is InChI=1S/C12H16N4O3S/c1-16-8-11(12(13)15-16)20(17,18)14-7-9-4-3-5-10(6-9)19-2/h3-6,8,14H,7H2,1-2H3,(H2,13,15). The lowest BCUT2D eigenvalue weighted by molar-refractivity contribution is 0.414. The van der Waals surface area contributed by atoms with Gasteiger partial charge in [0.1, 0.15) is 10.6 Å². The van der Waals surface area contributed by atoms with E-state index in [-0.39, 0.29) is 17.3 Å². The summed E-state index contributed by atoms with van der Waals surface area (Å²) in [7, 11) is -0.523. The minimum Gasteiger partial charge on any atom is -0.497 e. The predicted octanol–water partition coefficient (Wildman–Crippen LogP) is 0.489. The Morgan fingerprint density at radius 3 is 2.80 bits per heavy atom. The number of methoxy groups -OCH3 is 1. The van der Waals surface area contributed by atoms with Crippen molar-refractivity contribution in [3.8, 4) is 5.75 Å². The molecule has 108 valence electrons. The van der Waals surface area contributed by atoms with Crippen LogP contribution in [0.15, 0.2) is 35.4 Å². The second-order valence-electron chi connectivity index (χ2n) is 4.23. The number of nitrogens with two attached hydrogens (primary N) is 1. The topological polar surface area (TPSA) is 99.2 Å². The maximum absolute atomic E-state index is 12.1. The lowest BCUT2D eigenvalue weighted by Crippen LogP contribution is -2.23. The number of hydrogen-bond donors (Lipinski definition) is 2. The molecule has 0 aliphatic rings. The largest absolute Gasteiger partial charge is 0.497 e. The fraction of sp³-hybridized carbons (Fsp3) is 0.250. The molecule has 2 rings (SSSR count). The highest BCUT2D eigenvalue weighted by molar-refractivity contribution is 7.89. The van der Waals surface area contributed by atoms with Crippen molar-refractivity contribution in [3.63, 3.8) is 0 Å². The molecule has 0 saturated heterocycles. The van der Waals surface area contributed by atoms with Gasteiger partial charge in [-0.25, -0.2) is 13.1 Å². The van der Waals surface area contributed by atoms with Gasteiger partial charge in [-0.3, -0.25) is 4.68 Å². The highest BCUT2D eigenvalue weighted by atomic mass is 32.2. The Balaban J connectivity index is 2.15. The quantitative estimate of drug-likeness (QED) is 0.836. The number of ether oxygens (including phenoxy) is 1. The summed E-state index contributed by atoms with van der Waals surface area (Å²) in [5.74, 6) is 0.647. The molecule has 0 spiro atoms. The average molecular weight is 296 g/mol. The minimum absolute atomic E-state index is 0.0226. The average Bonchev–Trinajstić information content (AvgIpc) is 2.77. The molecular weight excluding hydrogens is 280 g/mol. The number of aryl methyl sites for hydroxylation is 1. The van der Waals surface area contributed by atoms with Crippen LogP contribution >= 0.6 is 0 Å². The molecular formula is C12H16N4O3S. The summed E-state index contributed by atoms with van der Waals surface area (Å²) in [5.41, 5.74) is 6.36. The number of rotatable bonds is 5. The summed E-state index contributed by atoms with van der Waals surface area (Å²) < 4.78 is 33.2. The third-order valence-corrected chi connectivity index (χ3v) is 4.13. The van der Waals surface area contributed by atoms with Crippen molar-refractivity contribution in [2.45, 2.75) is 11.4 Å². The molecule has 3 N–H and O–H groups in total. The summed E-state index contributed by atoms with van der Waals surface area (Å²) in [5, 5.41) is 3.81. The number of hydrogen-bond acceptors (Lipinski definition) is 5. The fourth-order valence-electron chi connectivity index (χ4n) is 1.73. The zero-order valence-electron chi connectivity index (χ0n) is 11.2. The van der Waals surface area contributed by atoms with Crippen LogP contribution in [0, 0.1) is 0 Å². The first-order valence-electron chi connectivity index (χ1n) is 5.84. The van der Waals surface area contributed by atoms with E-state index in [4.69, 9.17) is 10.5 Å². The molecule has 7 nitrogen and oxygen atoms in total. The SMILES string of the molecule is COc1cccc(CNS(=O)(=O)c2cn(C)nc2N)c1. The number of nitrogens with zero attached hydrogens (tertiary/aromatic N) is 2. The Hall–Kier alpha value is -2.06. The second kappa shape index (κ2) is 5.51. The zero-order chi connectivity index (χ0) is 14.8. The molecule has 0 aliphatic carbocycles. The second-order valence-corrected chi connectivity index (χ2v) is 5.96. The van der Waals surface area contributed by atoms with Crippen LogP contribution in [0.4, 0.5) is 5.82 Å². The number of aromatic nitrogens is 2. The first kappa shape index (κ1) is 14.4. The summed E-state index contributed by atoms with van der Waals surface area (Å²) in [4.78, 5) is -0.0251. The number of sulfonamides is 1. The van der Waals surface area contributed by atoms with Gasteiger partial charge in [-0.05, 0) is 17.7 Å². The summed E-state index contributed by atoms with van der Waals surface area (Å²) in [6, 6.07) is 7.14. The van der Waals surface area contributed by atoms with Crippen molar-refractivity contribution >= 4 is 15.8 Å². The van der Waals surface area contributed by atoms with Crippen LogP contribution in [0.1, 0.15) is 5.56 Å². The first-order chi connectivity index (χ1) is 9.42. The van der Waals surface area contributed by atoms with Crippen LogP contribution in [0.5, 0.6) is 5.75 Å². The van der Waals surface area contributed by atoms with Crippen molar-refractivity contribution in [3.05, 3.63) is 36.0 Å². The molecule has 0 amide bonds. The summed E-state index contributed by atoms with van der Waals surface area (Å²) >= 11 is 0. The molecule has 0 atom stereocenters. The van der Waals surface area contributed by atoms with Crippen LogP contribution < -0.4 is 15.2 Å². The molecule has 0 unspecified atom stereocenters. The third-order valence-electron chi connectivity index (χ3n) is 2.71. The maximum atomic E-state index is 12.1. The van der Waals surface area contributed by atoms with Crippen molar-refractivity contribution in [1.29, 1.82) is 0 Å². The molecule has 20 heavy (non-hydrogen) atoms. The monoisotopic (exact) mass is 296 g/mol. The Morgan fingerprint density at radius 2 is 2.20 bits per heavy atom. The Kier molecular flexibility index (Phi) is 3.96. The Labute approximate surface area is 117 Å². The number of nitrogen functional groups attached to an aromatic ring is 1. The van der Waals surface area contributed by atoms with Crippen LogP contribution in [0.3, 0.4) is 0 Å². The molecule has 8 heteroatoms. The molecule has 1 aromatic carbocycles. The van der Waals surface area contributed by atoms with E-state index in [2.05, 4.69) is 9.82 Å². The lowest BCUT2D eigenvalue weighted by atomic mass is 10.2. The van der Waals surface area contributed by atoms with Crippen molar-refractivity contribution in [2.24, 2.45) is 7.05 Å². The van der Waals surface area contributed by atoms with E-state index < -0.39 is 10.0 Å². The normalized spacial score (nSPS) is 11.5.